The number of anilines is 1. The van der Waals surface area contributed by atoms with Crippen molar-refractivity contribution in [3.05, 3.63) is 29.1 Å². The second-order valence-electron chi connectivity index (χ2n) is 3.18. The number of H-pyrrole nitrogens is 2. The number of nitrogens with two attached hydrogens (primary N) is 1. The molecule has 16 heavy (non-hydrogen) atoms. The van der Waals surface area contributed by atoms with E-state index < -0.39 is 0 Å². The van der Waals surface area contributed by atoms with Crippen LogP contribution < -0.4 is 11.3 Å². The van der Waals surface area contributed by atoms with Crippen LogP contribution in [0.1, 0.15) is 0 Å². The maximum absolute atomic E-state index is 11.1. The number of rotatable bonds is 1. The SMILES string of the molecule is Nc1cc(=O)[nH]n1-c1ncnc2nc[nH]c12. The van der Waals surface area contributed by atoms with Crippen LogP contribution in [0, 0.1) is 0 Å². The van der Waals surface area contributed by atoms with Gasteiger partial charge in [0.1, 0.15) is 17.7 Å². The van der Waals surface area contributed by atoms with Crippen LogP contribution >= 0.6 is 0 Å². The van der Waals surface area contributed by atoms with Gasteiger partial charge >= 0.3 is 0 Å². The molecule has 8 nitrogen and oxygen atoms in total. The third-order valence-electron chi connectivity index (χ3n) is 2.17. The summed E-state index contributed by atoms with van der Waals surface area (Å²) in [6.45, 7) is 0. The van der Waals surface area contributed by atoms with E-state index in [2.05, 4.69) is 25.0 Å². The van der Waals surface area contributed by atoms with Gasteiger partial charge in [0.2, 0.25) is 0 Å². The van der Waals surface area contributed by atoms with E-state index in [9.17, 15) is 4.79 Å². The maximum atomic E-state index is 11.1. The molecule has 0 amide bonds. The Morgan fingerprint density at radius 3 is 2.94 bits per heavy atom. The van der Waals surface area contributed by atoms with Crippen LogP contribution in [0.25, 0.3) is 17.0 Å². The summed E-state index contributed by atoms with van der Waals surface area (Å²) in [5, 5.41) is 2.54. The molecule has 0 fully saturated rings. The summed E-state index contributed by atoms with van der Waals surface area (Å²) in [6.07, 6.45) is 2.86. The summed E-state index contributed by atoms with van der Waals surface area (Å²) in [5.41, 5.74) is 6.51. The maximum Gasteiger partial charge on any atom is 0.266 e. The van der Waals surface area contributed by atoms with Crippen LogP contribution in [0.15, 0.2) is 23.5 Å². The van der Waals surface area contributed by atoms with E-state index in [4.69, 9.17) is 5.73 Å². The first-order valence-corrected chi connectivity index (χ1v) is 4.48. The molecule has 0 unspecified atom stereocenters. The highest BCUT2D eigenvalue weighted by molar-refractivity contribution is 5.77. The fourth-order valence-corrected chi connectivity index (χ4v) is 1.50. The Morgan fingerprint density at radius 1 is 1.31 bits per heavy atom. The molecule has 0 atom stereocenters. The van der Waals surface area contributed by atoms with Crippen molar-refractivity contribution in [1.29, 1.82) is 0 Å². The molecule has 0 radical (unpaired) electrons. The third-order valence-corrected chi connectivity index (χ3v) is 2.17. The van der Waals surface area contributed by atoms with E-state index in [1.54, 1.807) is 0 Å². The Morgan fingerprint density at radius 2 is 2.19 bits per heavy atom. The molecule has 3 rings (SSSR count). The van der Waals surface area contributed by atoms with Gasteiger partial charge in [0.05, 0.1) is 6.33 Å². The monoisotopic (exact) mass is 217 g/mol. The number of fused-ring (bicyclic) bond motifs is 1. The normalized spacial score (nSPS) is 11.0. The summed E-state index contributed by atoms with van der Waals surface area (Å²) < 4.78 is 1.38. The Kier molecular flexibility index (Phi) is 1.58. The lowest BCUT2D eigenvalue weighted by Gasteiger charge is -2.03. The number of aromatic nitrogens is 6. The summed E-state index contributed by atoms with van der Waals surface area (Å²) in [7, 11) is 0. The van der Waals surface area contributed by atoms with Crippen molar-refractivity contribution in [2.24, 2.45) is 0 Å². The lowest BCUT2D eigenvalue weighted by atomic mass is 10.5. The lowest BCUT2D eigenvalue weighted by Crippen LogP contribution is -2.08. The van der Waals surface area contributed by atoms with Gasteiger partial charge in [-0.15, -0.1) is 0 Å². The van der Waals surface area contributed by atoms with Gasteiger partial charge in [-0.2, -0.15) is 0 Å². The average Bonchev–Trinajstić information content (AvgIpc) is 2.84. The smallest absolute Gasteiger partial charge is 0.266 e. The van der Waals surface area contributed by atoms with E-state index in [-0.39, 0.29) is 11.4 Å². The molecular weight excluding hydrogens is 210 g/mol. The van der Waals surface area contributed by atoms with E-state index in [1.807, 2.05) is 0 Å². The molecule has 0 saturated heterocycles. The second kappa shape index (κ2) is 2.92. The van der Waals surface area contributed by atoms with Gasteiger partial charge in [0.25, 0.3) is 5.56 Å². The van der Waals surface area contributed by atoms with E-state index in [0.717, 1.165) is 0 Å². The van der Waals surface area contributed by atoms with Crippen molar-refractivity contribution < 1.29 is 0 Å². The first-order chi connectivity index (χ1) is 7.75. The van der Waals surface area contributed by atoms with Crippen molar-refractivity contribution in [2.45, 2.75) is 0 Å². The number of nitrogen functional groups attached to an aromatic ring is 1. The minimum Gasteiger partial charge on any atom is -0.383 e. The van der Waals surface area contributed by atoms with Crippen LogP contribution in [0.5, 0.6) is 0 Å². The van der Waals surface area contributed by atoms with Gasteiger partial charge < -0.3 is 10.7 Å². The fraction of sp³-hybridized carbons (Fsp3) is 0. The number of hydrogen-bond donors (Lipinski definition) is 3. The van der Waals surface area contributed by atoms with E-state index in [0.29, 0.717) is 17.0 Å². The summed E-state index contributed by atoms with van der Waals surface area (Å²) in [5.74, 6) is 0.738. The molecule has 0 saturated carbocycles. The molecule has 0 aliphatic carbocycles. The molecule has 3 heterocycles. The number of nitrogens with zero attached hydrogens (tertiary/aromatic N) is 4. The second-order valence-corrected chi connectivity index (χ2v) is 3.18. The Hall–Kier alpha value is -2.64. The van der Waals surface area contributed by atoms with Crippen LogP contribution in [-0.4, -0.2) is 29.7 Å². The molecular formula is C8H7N7O. The zero-order valence-corrected chi connectivity index (χ0v) is 8.01. The third kappa shape index (κ3) is 1.10. The van der Waals surface area contributed by atoms with Gasteiger partial charge in [-0.3, -0.25) is 9.89 Å². The zero-order chi connectivity index (χ0) is 11.1. The van der Waals surface area contributed by atoms with Gasteiger partial charge in [-0.05, 0) is 0 Å². The lowest BCUT2D eigenvalue weighted by molar-refractivity contribution is 0.844. The highest BCUT2D eigenvalue weighted by Crippen LogP contribution is 2.14. The molecule has 4 N–H and O–H groups in total. The number of hydrogen-bond acceptors (Lipinski definition) is 5. The minimum absolute atomic E-state index is 0.277. The topological polar surface area (TPSA) is 118 Å². The van der Waals surface area contributed by atoms with Crippen molar-refractivity contribution in [1.82, 2.24) is 29.7 Å². The number of nitrogens with one attached hydrogen (secondary N) is 2. The predicted molar refractivity (Wildman–Crippen MR) is 56.0 cm³/mol. The van der Waals surface area contributed by atoms with Crippen molar-refractivity contribution in [2.75, 3.05) is 5.73 Å². The predicted octanol–water partition coefficient (Wildman–Crippen LogP) is -0.586. The largest absolute Gasteiger partial charge is 0.383 e. The quantitative estimate of drug-likeness (QED) is 0.503. The summed E-state index contributed by atoms with van der Waals surface area (Å²) in [6, 6.07) is 1.28. The van der Waals surface area contributed by atoms with Crippen LogP contribution in [-0.2, 0) is 0 Å². The molecule has 0 aromatic carbocycles. The minimum atomic E-state index is -0.288. The average molecular weight is 217 g/mol. The summed E-state index contributed by atoms with van der Waals surface area (Å²) in [4.78, 5) is 26.0. The molecule has 3 aromatic rings. The fourth-order valence-electron chi connectivity index (χ4n) is 1.50. The Bertz CT molecular complexity index is 706. The van der Waals surface area contributed by atoms with E-state index >= 15 is 0 Å². The van der Waals surface area contributed by atoms with Crippen LogP contribution in [0.2, 0.25) is 0 Å². The van der Waals surface area contributed by atoms with Crippen molar-refractivity contribution >= 4 is 17.0 Å². The molecule has 8 heteroatoms. The standard InChI is InChI=1S/C8H7N7O/c9-4-1-5(16)14-15(4)8-6-7(11-2-10-6)12-3-13-8/h1-3H,9H2,(H,14,16)(H,10,11,12,13). The zero-order valence-electron chi connectivity index (χ0n) is 8.01. The van der Waals surface area contributed by atoms with Crippen LogP contribution in [0.4, 0.5) is 5.82 Å². The van der Waals surface area contributed by atoms with Gasteiger partial charge in [-0.25, -0.2) is 19.6 Å². The van der Waals surface area contributed by atoms with Crippen molar-refractivity contribution in [3.8, 4) is 5.82 Å². The molecule has 0 aliphatic rings. The number of aromatic amines is 2. The van der Waals surface area contributed by atoms with Gasteiger partial charge in [0.15, 0.2) is 11.5 Å². The van der Waals surface area contributed by atoms with Crippen LogP contribution in [0.3, 0.4) is 0 Å². The molecule has 3 aromatic heterocycles. The summed E-state index contributed by atoms with van der Waals surface area (Å²) >= 11 is 0. The van der Waals surface area contributed by atoms with Gasteiger partial charge in [-0.1, -0.05) is 0 Å². The van der Waals surface area contributed by atoms with Crippen molar-refractivity contribution in [3.63, 3.8) is 0 Å². The first kappa shape index (κ1) is 8.65. The Labute approximate surface area is 88.1 Å². The molecule has 0 aliphatic heterocycles. The molecule has 0 spiro atoms. The van der Waals surface area contributed by atoms with E-state index in [1.165, 1.54) is 23.4 Å². The molecule has 0 bridgehead atoms. The number of imidazole rings is 1. The van der Waals surface area contributed by atoms with Gasteiger partial charge in [0, 0.05) is 6.07 Å². The highest BCUT2D eigenvalue weighted by Gasteiger charge is 2.10. The first-order valence-electron chi connectivity index (χ1n) is 4.48. The Balaban J connectivity index is 2.37. The highest BCUT2D eigenvalue weighted by atomic mass is 16.1. The molecule has 80 valence electrons.